The third-order valence-corrected chi connectivity index (χ3v) is 7.29. The smallest absolute Gasteiger partial charge is 0.257 e. The Kier molecular flexibility index (Phi) is 4.91. The van der Waals surface area contributed by atoms with Gasteiger partial charge in [0.25, 0.3) is 5.91 Å². The molecule has 0 N–H and O–H groups in total. The Hall–Kier alpha value is -4.07. The second-order valence-corrected chi connectivity index (χ2v) is 9.17. The number of nitrogens with zero attached hydrogens (tertiary/aromatic N) is 5. The van der Waals surface area contributed by atoms with Crippen molar-refractivity contribution < 1.29 is 14.3 Å². The molecule has 0 aliphatic carbocycles. The zero-order chi connectivity index (χ0) is 24.2. The van der Waals surface area contributed by atoms with Crippen molar-refractivity contribution in [1.82, 2.24) is 24.5 Å². The highest BCUT2D eigenvalue weighted by Crippen LogP contribution is 2.49. The van der Waals surface area contributed by atoms with Crippen molar-refractivity contribution in [2.75, 3.05) is 20.2 Å². The maximum atomic E-state index is 13.5. The van der Waals surface area contributed by atoms with E-state index in [2.05, 4.69) is 16.3 Å². The van der Waals surface area contributed by atoms with Gasteiger partial charge in [-0.1, -0.05) is 12.1 Å². The number of ether oxygens (including phenoxy) is 2. The number of fused-ring (bicyclic) bond motifs is 4. The lowest BCUT2D eigenvalue weighted by Gasteiger charge is -2.44. The quantitative estimate of drug-likeness (QED) is 0.451. The molecule has 35 heavy (non-hydrogen) atoms. The van der Waals surface area contributed by atoms with Gasteiger partial charge in [0.1, 0.15) is 17.1 Å². The second kappa shape index (κ2) is 8.01. The molecule has 178 valence electrons. The van der Waals surface area contributed by atoms with Crippen molar-refractivity contribution in [1.29, 1.82) is 0 Å². The molecule has 4 aromatic rings. The molecule has 1 amide bonds. The van der Waals surface area contributed by atoms with Crippen LogP contribution in [0.25, 0.3) is 16.9 Å². The first kappa shape index (κ1) is 21.5. The monoisotopic (exact) mass is 469 g/mol. The molecule has 0 unspecified atom stereocenters. The van der Waals surface area contributed by atoms with Crippen molar-refractivity contribution >= 4 is 5.91 Å². The SMILES string of the molecule is COc1ccc(-n2ncc(C(=O)N3CCC4(CC3)Oc3ccccc3-c3c4cnn3C)c2C)cc1. The highest BCUT2D eigenvalue weighted by atomic mass is 16.5. The molecule has 2 aromatic carbocycles. The minimum atomic E-state index is -0.475. The van der Waals surface area contributed by atoms with Crippen LogP contribution >= 0.6 is 0 Å². The molecule has 0 bridgehead atoms. The summed E-state index contributed by atoms with van der Waals surface area (Å²) in [4.78, 5) is 15.4. The number of rotatable bonds is 3. The van der Waals surface area contributed by atoms with E-state index in [9.17, 15) is 4.79 Å². The molecule has 2 aliphatic heterocycles. The summed E-state index contributed by atoms with van der Waals surface area (Å²) in [6, 6.07) is 15.7. The summed E-state index contributed by atoms with van der Waals surface area (Å²) in [5.41, 5.74) is 5.12. The van der Waals surface area contributed by atoms with E-state index in [1.165, 1.54) is 0 Å². The predicted molar refractivity (Wildman–Crippen MR) is 131 cm³/mol. The van der Waals surface area contributed by atoms with Gasteiger partial charge in [-0.25, -0.2) is 4.68 Å². The number of carbonyl (C=O) groups is 1. The lowest BCUT2D eigenvalue weighted by Crippen LogP contribution is -2.49. The molecule has 0 radical (unpaired) electrons. The maximum absolute atomic E-state index is 13.5. The standard InChI is InChI=1S/C27H27N5O3/c1-18-22(16-29-32(18)19-8-10-20(34-3)11-9-19)26(33)31-14-12-27(13-15-31)23-17-28-30(2)25(23)21-6-4-5-7-24(21)35-27/h4-11,16-17H,12-15H2,1-3H3. The molecule has 1 spiro atoms. The van der Waals surface area contributed by atoms with Gasteiger partial charge in [-0.2, -0.15) is 10.2 Å². The van der Waals surface area contributed by atoms with Gasteiger partial charge >= 0.3 is 0 Å². The number of likely N-dealkylation sites (tertiary alicyclic amines) is 1. The Morgan fingerprint density at radius 2 is 1.77 bits per heavy atom. The van der Waals surface area contributed by atoms with Gasteiger partial charge < -0.3 is 14.4 Å². The zero-order valence-electron chi connectivity index (χ0n) is 20.1. The minimum Gasteiger partial charge on any atom is -0.497 e. The Morgan fingerprint density at radius 3 is 2.51 bits per heavy atom. The van der Waals surface area contributed by atoms with Gasteiger partial charge in [-0.3, -0.25) is 9.48 Å². The Labute approximate surface area is 203 Å². The van der Waals surface area contributed by atoms with Crippen molar-refractivity contribution in [3.63, 3.8) is 0 Å². The van der Waals surface area contributed by atoms with E-state index in [4.69, 9.17) is 9.47 Å². The molecule has 1 saturated heterocycles. The van der Waals surface area contributed by atoms with Crippen molar-refractivity contribution in [2.24, 2.45) is 7.05 Å². The minimum absolute atomic E-state index is 0.000249. The third kappa shape index (κ3) is 3.31. The van der Waals surface area contributed by atoms with Crippen molar-refractivity contribution in [3.05, 3.63) is 77.7 Å². The highest BCUT2D eigenvalue weighted by Gasteiger charge is 2.46. The topological polar surface area (TPSA) is 74.4 Å². The van der Waals surface area contributed by atoms with Gasteiger partial charge in [0.15, 0.2) is 0 Å². The molecule has 4 heterocycles. The lowest BCUT2D eigenvalue weighted by atomic mass is 9.81. The van der Waals surface area contributed by atoms with E-state index in [1.807, 2.05) is 72.2 Å². The summed E-state index contributed by atoms with van der Waals surface area (Å²) < 4.78 is 15.6. The maximum Gasteiger partial charge on any atom is 0.257 e. The number of hydrogen-bond donors (Lipinski definition) is 0. The number of carbonyl (C=O) groups excluding carboxylic acids is 1. The molecule has 0 saturated carbocycles. The van der Waals surface area contributed by atoms with E-state index in [-0.39, 0.29) is 5.91 Å². The average Bonchev–Trinajstić information content (AvgIpc) is 3.48. The molecule has 2 aliphatic rings. The fourth-order valence-electron chi connectivity index (χ4n) is 5.32. The number of amides is 1. The van der Waals surface area contributed by atoms with E-state index in [0.29, 0.717) is 31.5 Å². The van der Waals surface area contributed by atoms with Crippen LogP contribution in [0.1, 0.15) is 34.5 Å². The number of aryl methyl sites for hydroxylation is 1. The fraction of sp³-hybridized carbons (Fsp3) is 0.296. The van der Waals surface area contributed by atoms with Crippen LogP contribution in [-0.4, -0.2) is 50.6 Å². The van der Waals surface area contributed by atoms with Gasteiger partial charge in [-0.05, 0) is 43.3 Å². The number of aromatic nitrogens is 4. The van der Waals surface area contributed by atoms with E-state index >= 15 is 0 Å². The summed E-state index contributed by atoms with van der Waals surface area (Å²) in [5.74, 6) is 1.65. The van der Waals surface area contributed by atoms with Gasteiger partial charge in [0, 0.05) is 44.1 Å². The Morgan fingerprint density at radius 1 is 1.03 bits per heavy atom. The van der Waals surface area contributed by atoms with Crippen molar-refractivity contribution in [3.8, 4) is 28.4 Å². The molecule has 0 atom stereocenters. The van der Waals surface area contributed by atoms with Crippen LogP contribution in [0, 0.1) is 6.92 Å². The van der Waals surface area contributed by atoms with Gasteiger partial charge in [-0.15, -0.1) is 0 Å². The number of hydrogen-bond acceptors (Lipinski definition) is 5. The van der Waals surface area contributed by atoms with Crippen LogP contribution < -0.4 is 9.47 Å². The number of benzene rings is 2. The summed E-state index contributed by atoms with van der Waals surface area (Å²) in [7, 11) is 3.61. The molecular weight excluding hydrogens is 442 g/mol. The average molecular weight is 470 g/mol. The molecule has 2 aromatic heterocycles. The van der Waals surface area contributed by atoms with Crippen LogP contribution in [0.3, 0.4) is 0 Å². The first-order valence-electron chi connectivity index (χ1n) is 11.8. The summed E-state index contributed by atoms with van der Waals surface area (Å²) >= 11 is 0. The molecule has 8 heteroatoms. The first-order valence-corrected chi connectivity index (χ1v) is 11.8. The molecule has 6 rings (SSSR count). The second-order valence-electron chi connectivity index (χ2n) is 9.17. The molecule has 8 nitrogen and oxygen atoms in total. The van der Waals surface area contributed by atoms with Crippen LogP contribution in [0.15, 0.2) is 60.9 Å². The summed E-state index contributed by atoms with van der Waals surface area (Å²) in [6.45, 7) is 3.13. The van der Waals surface area contributed by atoms with E-state index in [0.717, 1.165) is 39.7 Å². The van der Waals surface area contributed by atoms with Gasteiger partial charge in [0.05, 0.1) is 42.1 Å². The van der Waals surface area contributed by atoms with Gasteiger partial charge in [0.2, 0.25) is 0 Å². The Bertz CT molecular complexity index is 1410. The zero-order valence-corrected chi connectivity index (χ0v) is 20.1. The predicted octanol–water partition coefficient (Wildman–Crippen LogP) is 4.11. The van der Waals surface area contributed by atoms with Crippen LogP contribution in [-0.2, 0) is 12.6 Å². The van der Waals surface area contributed by atoms with Crippen LogP contribution in [0.2, 0.25) is 0 Å². The number of methoxy groups -OCH3 is 1. The third-order valence-electron chi connectivity index (χ3n) is 7.29. The van der Waals surface area contributed by atoms with Crippen LogP contribution in [0.5, 0.6) is 11.5 Å². The first-order chi connectivity index (χ1) is 17.0. The summed E-state index contributed by atoms with van der Waals surface area (Å²) in [5, 5.41) is 9.03. The number of piperidine rings is 1. The van der Waals surface area contributed by atoms with Crippen LogP contribution in [0.4, 0.5) is 0 Å². The molecule has 1 fully saturated rings. The van der Waals surface area contributed by atoms with E-state index in [1.54, 1.807) is 18.0 Å². The highest BCUT2D eigenvalue weighted by molar-refractivity contribution is 5.95. The Balaban J connectivity index is 1.24. The largest absolute Gasteiger partial charge is 0.497 e. The fourth-order valence-corrected chi connectivity index (χ4v) is 5.32. The summed E-state index contributed by atoms with van der Waals surface area (Å²) in [6.07, 6.45) is 5.00. The lowest BCUT2D eigenvalue weighted by molar-refractivity contribution is -0.00174. The van der Waals surface area contributed by atoms with E-state index < -0.39 is 5.60 Å². The molecular formula is C27H27N5O3. The normalized spacial score (nSPS) is 15.9. The number of para-hydroxylation sites is 1. The van der Waals surface area contributed by atoms with Crippen molar-refractivity contribution in [2.45, 2.75) is 25.4 Å².